The standard InChI is InChI=1S/C31H40N2O.C11H21N.C2H6/c1-8-25-20-27(18-23(4)33(7)30-13-11-29(12-14-30)32(5)6)28(21-26(25)17-22(2)3)19-24-9-15-31(34)16-10-24;1-3-9-12-10(2)11-7-5-4-6-8-11;1-2/h9-16,20-22,34H,4,8,17-19H2,1-3,5-7H3;11-12H,2-9H2,1H3;1-2H3. The molecule has 3 aromatic carbocycles. The van der Waals surface area contributed by atoms with Crippen LogP contribution in [0.25, 0.3) is 0 Å². The predicted molar refractivity (Wildman–Crippen MR) is 213 cm³/mol. The summed E-state index contributed by atoms with van der Waals surface area (Å²) >= 11 is 0. The zero-order chi connectivity index (χ0) is 35.6. The number of hydrogen-bond donors (Lipinski definition) is 2. The van der Waals surface area contributed by atoms with Gasteiger partial charge in [-0.05, 0) is 115 Å². The Morgan fingerprint density at radius 1 is 0.812 bits per heavy atom. The van der Waals surface area contributed by atoms with E-state index in [0.717, 1.165) is 49.5 Å². The number of rotatable bonds is 14. The lowest BCUT2D eigenvalue weighted by molar-refractivity contribution is 0.387. The molecule has 48 heavy (non-hydrogen) atoms. The first-order valence-corrected chi connectivity index (χ1v) is 18.5. The van der Waals surface area contributed by atoms with Gasteiger partial charge in [0.05, 0.1) is 0 Å². The molecular formula is C44H67N3O. The highest BCUT2D eigenvalue weighted by atomic mass is 16.3. The number of aryl methyl sites for hydroxylation is 1. The van der Waals surface area contributed by atoms with E-state index in [2.05, 4.69) is 114 Å². The fourth-order valence-corrected chi connectivity index (χ4v) is 6.29. The van der Waals surface area contributed by atoms with Crippen LogP contribution in [0.4, 0.5) is 11.4 Å². The van der Waals surface area contributed by atoms with Gasteiger partial charge in [0.15, 0.2) is 0 Å². The minimum Gasteiger partial charge on any atom is -0.508 e. The van der Waals surface area contributed by atoms with E-state index in [1.54, 1.807) is 12.1 Å². The van der Waals surface area contributed by atoms with Crippen molar-refractivity contribution in [3.63, 3.8) is 0 Å². The van der Waals surface area contributed by atoms with Gasteiger partial charge in [0.2, 0.25) is 0 Å². The fourth-order valence-electron chi connectivity index (χ4n) is 6.29. The number of phenolic OH excluding ortho intramolecular Hbond substituents is 1. The van der Waals surface area contributed by atoms with Crippen LogP contribution in [0.1, 0.15) is 108 Å². The lowest BCUT2D eigenvalue weighted by atomic mass is 9.87. The Labute approximate surface area is 295 Å². The number of aromatic hydroxyl groups is 1. The van der Waals surface area contributed by atoms with Gasteiger partial charge in [0, 0.05) is 56.9 Å². The van der Waals surface area contributed by atoms with E-state index in [1.165, 1.54) is 77.7 Å². The maximum absolute atomic E-state index is 9.70. The normalized spacial score (nSPS) is 12.7. The average Bonchev–Trinajstić information content (AvgIpc) is 3.10. The average molecular weight is 654 g/mol. The van der Waals surface area contributed by atoms with Gasteiger partial charge < -0.3 is 20.2 Å². The van der Waals surface area contributed by atoms with E-state index in [0.29, 0.717) is 11.7 Å². The quantitative estimate of drug-likeness (QED) is 0.182. The Kier molecular flexibility index (Phi) is 18.0. The number of allylic oxidation sites excluding steroid dienone is 2. The van der Waals surface area contributed by atoms with Crippen LogP contribution >= 0.6 is 0 Å². The van der Waals surface area contributed by atoms with Crippen LogP contribution in [-0.4, -0.2) is 32.8 Å². The van der Waals surface area contributed by atoms with Gasteiger partial charge in [0.1, 0.15) is 5.75 Å². The van der Waals surface area contributed by atoms with Crippen LogP contribution < -0.4 is 15.1 Å². The minimum absolute atomic E-state index is 0.307. The Bertz CT molecular complexity index is 1370. The van der Waals surface area contributed by atoms with Crippen LogP contribution in [0.2, 0.25) is 0 Å². The number of nitrogens with zero attached hydrogens (tertiary/aromatic N) is 2. The largest absolute Gasteiger partial charge is 0.508 e. The predicted octanol–water partition coefficient (Wildman–Crippen LogP) is 11.1. The molecule has 0 unspecified atom stereocenters. The molecule has 1 saturated carbocycles. The Balaban J connectivity index is 0.000000478. The molecule has 4 nitrogen and oxygen atoms in total. The molecule has 1 aliphatic rings. The van der Waals surface area contributed by atoms with Crippen LogP contribution in [0.3, 0.4) is 0 Å². The number of anilines is 2. The molecule has 0 atom stereocenters. The van der Waals surface area contributed by atoms with Crippen molar-refractivity contribution in [3.05, 3.63) is 113 Å². The number of benzene rings is 3. The summed E-state index contributed by atoms with van der Waals surface area (Å²) in [6.07, 6.45) is 11.9. The molecule has 0 heterocycles. The topological polar surface area (TPSA) is 38.7 Å². The lowest BCUT2D eigenvalue weighted by Crippen LogP contribution is -2.21. The van der Waals surface area contributed by atoms with Crippen molar-refractivity contribution in [3.8, 4) is 5.75 Å². The second kappa shape index (κ2) is 21.3. The van der Waals surface area contributed by atoms with Crippen molar-refractivity contribution in [2.24, 2.45) is 11.8 Å². The number of nitrogens with one attached hydrogen (secondary N) is 1. The zero-order valence-corrected chi connectivity index (χ0v) is 32.0. The molecule has 0 amide bonds. The molecule has 1 aliphatic carbocycles. The number of likely N-dealkylation sites (N-methyl/N-ethyl adjacent to an activating group) is 1. The molecule has 4 heteroatoms. The third-order valence-electron chi connectivity index (χ3n) is 9.18. The van der Waals surface area contributed by atoms with Crippen molar-refractivity contribution in [2.75, 3.05) is 37.5 Å². The van der Waals surface area contributed by atoms with E-state index < -0.39 is 0 Å². The molecule has 0 aromatic heterocycles. The molecule has 0 spiro atoms. The summed E-state index contributed by atoms with van der Waals surface area (Å²) < 4.78 is 0. The van der Waals surface area contributed by atoms with E-state index in [-0.39, 0.29) is 0 Å². The SMILES string of the molecule is C=C(Cc1cc(CC)c(CC(C)C)cc1Cc1ccc(O)cc1)N(C)c1ccc(N(C)C)cc1.C=C(NCCC)C1CCCCC1.CC. The molecule has 0 radical (unpaired) electrons. The minimum atomic E-state index is 0.307. The smallest absolute Gasteiger partial charge is 0.115 e. The van der Waals surface area contributed by atoms with E-state index in [4.69, 9.17) is 0 Å². The number of hydrogen-bond acceptors (Lipinski definition) is 4. The van der Waals surface area contributed by atoms with Gasteiger partial charge in [-0.3, -0.25) is 0 Å². The molecular weight excluding hydrogens is 587 g/mol. The first kappa shape index (κ1) is 40.5. The van der Waals surface area contributed by atoms with Crippen molar-refractivity contribution >= 4 is 11.4 Å². The van der Waals surface area contributed by atoms with E-state index in [1.807, 2.05) is 26.0 Å². The Morgan fingerprint density at radius 3 is 1.94 bits per heavy atom. The van der Waals surface area contributed by atoms with Crippen molar-refractivity contribution in [1.29, 1.82) is 0 Å². The van der Waals surface area contributed by atoms with Gasteiger partial charge in [-0.25, -0.2) is 0 Å². The molecule has 2 N–H and O–H groups in total. The Morgan fingerprint density at radius 2 is 1.40 bits per heavy atom. The molecule has 0 saturated heterocycles. The second-order valence-electron chi connectivity index (χ2n) is 13.7. The number of phenols is 1. The highest BCUT2D eigenvalue weighted by molar-refractivity contribution is 5.58. The first-order chi connectivity index (χ1) is 23.0. The summed E-state index contributed by atoms with van der Waals surface area (Å²) in [6.45, 7) is 22.7. The third kappa shape index (κ3) is 13.1. The van der Waals surface area contributed by atoms with Crippen molar-refractivity contribution in [1.82, 2.24) is 5.32 Å². The van der Waals surface area contributed by atoms with Gasteiger partial charge in [-0.15, -0.1) is 0 Å². The third-order valence-corrected chi connectivity index (χ3v) is 9.18. The summed E-state index contributed by atoms with van der Waals surface area (Å²) in [4.78, 5) is 4.30. The van der Waals surface area contributed by atoms with Crippen LogP contribution in [0.15, 0.2) is 85.2 Å². The summed E-state index contributed by atoms with van der Waals surface area (Å²) in [5.41, 5.74) is 11.5. The summed E-state index contributed by atoms with van der Waals surface area (Å²) in [5.74, 6) is 1.69. The van der Waals surface area contributed by atoms with Crippen LogP contribution in [0, 0.1) is 11.8 Å². The summed E-state index contributed by atoms with van der Waals surface area (Å²) in [7, 11) is 6.21. The zero-order valence-electron chi connectivity index (χ0n) is 32.0. The van der Waals surface area contributed by atoms with Crippen LogP contribution in [-0.2, 0) is 25.7 Å². The monoisotopic (exact) mass is 654 g/mol. The summed E-state index contributed by atoms with van der Waals surface area (Å²) in [5, 5.41) is 13.1. The molecule has 0 aliphatic heterocycles. The molecule has 0 bridgehead atoms. The van der Waals surface area contributed by atoms with E-state index >= 15 is 0 Å². The van der Waals surface area contributed by atoms with E-state index in [9.17, 15) is 5.11 Å². The first-order valence-electron chi connectivity index (χ1n) is 18.5. The highest BCUT2D eigenvalue weighted by Gasteiger charge is 2.16. The molecule has 4 rings (SSSR count). The second-order valence-corrected chi connectivity index (χ2v) is 13.7. The molecule has 1 fully saturated rings. The highest BCUT2D eigenvalue weighted by Crippen LogP contribution is 2.29. The summed E-state index contributed by atoms with van der Waals surface area (Å²) in [6, 6.07) is 21.0. The maximum Gasteiger partial charge on any atom is 0.115 e. The van der Waals surface area contributed by atoms with Gasteiger partial charge >= 0.3 is 0 Å². The lowest BCUT2D eigenvalue weighted by Gasteiger charge is -2.25. The molecule has 3 aromatic rings. The van der Waals surface area contributed by atoms with Crippen LogP contribution in [0.5, 0.6) is 5.75 Å². The van der Waals surface area contributed by atoms with Crippen molar-refractivity contribution < 1.29 is 5.11 Å². The van der Waals surface area contributed by atoms with Gasteiger partial charge in [0.25, 0.3) is 0 Å². The molecule has 264 valence electrons. The fraction of sp³-hybridized carbons (Fsp3) is 0.500. The van der Waals surface area contributed by atoms with Crippen molar-refractivity contribution in [2.45, 2.75) is 106 Å². The maximum atomic E-state index is 9.70. The van der Waals surface area contributed by atoms with Gasteiger partial charge in [-0.1, -0.05) is 98.2 Å². The Hall–Kier alpha value is -3.66. The van der Waals surface area contributed by atoms with Gasteiger partial charge in [-0.2, -0.15) is 0 Å².